The van der Waals surface area contributed by atoms with Crippen LogP contribution < -0.4 is 5.73 Å². The Morgan fingerprint density at radius 2 is 1.95 bits per heavy atom. The smallest absolute Gasteiger partial charge is 0.410 e. The summed E-state index contributed by atoms with van der Waals surface area (Å²) < 4.78 is 33.2. The summed E-state index contributed by atoms with van der Waals surface area (Å²) in [4.78, 5) is 13.5. The minimum Gasteiger partial charge on any atom is -0.444 e. The monoisotopic (exact) mass is 298 g/mol. The van der Waals surface area contributed by atoms with Gasteiger partial charge in [0.05, 0.1) is 6.54 Å². The molecule has 0 spiro atoms. The third-order valence-electron chi connectivity index (χ3n) is 3.33. The minimum absolute atomic E-state index is 0.0401. The Morgan fingerprint density at radius 1 is 1.33 bits per heavy atom. The molecule has 1 heterocycles. The molecule has 0 aromatic heterocycles. The number of carbonyl (C=O) groups excluding carboxylic acids is 1. The molecular formula is C15H20F2N2O2. The van der Waals surface area contributed by atoms with Crippen LogP contribution in [-0.2, 0) is 11.3 Å². The number of halogens is 2. The van der Waals surface area contributed by atoms with Crippen molar-refractivity contribution in [2.75, 3.05) is 6.54 Å². The molecule has 0 unspecified atom stereocenters. The second-order valence-corrected chi connectivity index (χ2v) is 6.22. The minimum atomic E-state index is -0.644. The molecule has 21 heavy (non-hydrogen) atoms. The van der Waals surface area contributed by atoms with E-state index in [0.29, 0.717) is 13.0 Å². The molecule has 0 saturated heterocycles. The van der Waals surface area contributed by atoms with Crippen LogP contribution in [0.5, 0.6) is 0 Å². The highest BCUT2D eigenvalue weighted by atomic mass is 19.1. The van der Waals surface area contributed by atoms with Crippen molar-refractivity contribution in [3.8, 4) is 0 Å². The maximum Gasteiger partial charge on any atom is 0.410 e. The highest BCUT2D eigenvalue weighted by Crippen LogP contribution is 2.30. The van der Waals surface area contributed by atoms with E-state index in [1.165, 1.54) is 4.90 Å². The van der Waals surface area contributed by atoms with E-state index in [4.69, 9.17) is 10.5 Å². The van der Waals surface area contributed by atoms with E-state index >= 15 is 0 Å². The quantitative estimate of drug-likeness (QED) is 0.800. The van der Waals surface area contributed by atoms with Crippen LogP contribution in [0.4, 0.5) is 13.6 Å². The predicted octanol–water partition coefficient (Wildman–Crippen LogP) is 3.11. The molecule has 1 aromatic rings. The normalized spacial score (nSPS) is 19.0. The van der Waals surface area contributed by atoms with Gasteiger partial charge in [-0.3, -0.25) is 0 Å². The van der Waals surface area contributed by atoms with Crippen LogP contribution in [0.25, 0.3) is 0 Å². The summed E-state index contributed by atoms with van der Waals surface area (Å²) in [5.41, 5.74) is 5.56. The van der Waals surface area contributed by atoms with Crippen molar-refractivity contribution in [3.63, 3.8) is 0 Å². The maximum absolute atomic E-state index is 14.0. The number of nitrogens with zero attached hydrogens (tertiary/aromatic N) is 1. The van der Waals surface area contributed by atoms with Gasteiger partial charge in [-0.15, -0.1) is 0 Å². The predicted molar refractivity (Wildman–Crippen MR) is 74.5 cm³/mol. The molecule has 6 heteroatoms. The average Bonchev–Trinajstić information content (AvgIpc) is 2.52. The molecule has 0 fully saturated rings. The molecule has 0 bridgehead atoms. The van der Waals surface area contributed by atoms with Gasteiger partial charge in [0.15, 0.2) is 0 Å². The largest absolute Gasteiger partial charge is 0.444 e. The highest BCUT2D eigenvalue weighted by Gasteiger charge is 2.30. The van der Waals surface area contributed by atoms with Crippen molar-refractivity contribution in [1.82, 2.24) is 4.90 Å². The summed E-state index contributed by atoms with van der Waals surface area (Å²) in [5.74, 6) is -1.10. The summed E-state index contributed by atoms with van der Waals surface area (Å²) in [6.45, 7) is 5.51. The molecular weight excluding hydrogens is 278 g/mol. The third kappa shape index (κ3) is 3.50. The van der Waals surface area contributed by atoms with E-state index in [-0.39, 0.29) is 17.7 Å². The molecule has 116 valence electrons. The number of benzene rings is 1. The number of carbonyl (C=O) groups is 1. The number of rotatable bonds is 0. The van der Waals surface area contributed by atoms with Crippen molar-refractivity contribution >= 4 is 6.09 Å². The fourth-order valence-corrected chi connectivity index (χ4v) is 2.36. The first-order valence-electron chi connectivity index (χ1n) is 6.89. The second kappa shape index (κ2) is 5.60. The summed E-state index contributed by atoms with van der Waals surface area (Å²) in [7, 11) is 0. The van der Waals surface area contributed by atoms with Gasteiger partial charge in [0.25, 0.3) is 0 Å². The van der Waals surface area contributed by atoms with Gasteiger partial charge in [0.1, 0.15) is 17.2 Å². The summed E-state index contributed by atoms with van der Waals surface area (Å²) in [6.07, 6.45) is -0.196. The Labute approximate surface area is 122 Å². The van der Waals surface area contributed by atoms with E-state index in [1.807, 2.05) is 0 Å². The Kier molecular flexibility index (Phi) is 4.18. The zero-order valence-corrected chi connectivity index (χ0v) is 12.5. The maximum atomic E-state index is 14.0. The average molecular weight is 298 g/mol. The molecule has 0 radical (unpaired) electrons. The topological polar surface area (TPSA) is 55.6 Å². The van der Waals surface area contributed by atoms with Gasteiger partial charge in [-0.1, -0.05) is 0 Å². The molecule has 1 aliphatic heterocycles. The standard InChI is InChI=1S/C15H20F2N2O2/c1-15(2,3)21-14(20)19-7-6-12(18)13-9(8-19)10(16)4-5-11(13)17/h4-5,12H,6-8,18H2,1-3H3/t12-/m0/s1. The van der Waals surface area contributed by atoms with Gasteiger partial charge < -0.3 is 15.4 Å². The van der Waals surface area contributed by atoms with E-state index in [2.05, 4.69) is 0 Å². The van der Waals surface area contributed by atoms with Crippen LogP contribution in [0.1, 0.15) is 44.4 Å². The Hall–Kier alpha value is -1.69. The Bertz CT molecular complexity index is 555. The second-order valence-electron chi connectivity index (χ2n) is 6.22. The van der Waals surface area contributed by atoms with Crippen molar-refractivity contribution in [2.45, 2.75) is 45.4 Å². The number of ether oxygens (including phenoxy) is 1. The van der Waals surface area contributed by atoms with Gasteiger partial charge in [-0.05, 0) is 39.3 Å². The number of nitrogens with two attached hydrogens (primary N) is 1. The van der Waals surface area contributed by atoms with Crippen LogP contribution in [0.3, 0.4) is 0 Å². The number of hydrogen-bond donors (Lipinski definition) is 1. The Morgan fingerprint density at radius 3 is 2.57 bits per heavy atom. The molecule has 4 nitrogen and oxygen atoms in total. The lowest BCUT2D eigenvalue weighted by molar-refractivity contribution is 0.0233. The molecule has 0 saturated carbocycles. The molecule has 1 amide bonds. The first-order chi connectivity index (χ1) is 9.69. The molecule has 1 aromatic carbocycles. The first kappa shape index (κ1) is 15.7. The summed E-state index contributed by atoms with van der Waals surface area (Å²) in [6, 6.07) is 1.49. The molecule has 0 aliphatic carbocycles. The zero-order chi connectivity index (χ0) is 15.8. The molecule has 2 rings (SSSR count). The SMILES string of the molecule is CC(C)(C)OC(=O)N1CC[C@H](N)c2c(F)ccc(F)c2C1. The van der Waals surface area contributed by atoms with Crippen molar-refractivity contribution in [1.29, 1.82) is 0 Å². The van der Waals surface area contributed by atoms with Gasteiger partial charge in [-0.25, -0.2) is 13.6 Å². The third-order valence-corrected chi connectivity index (χ3v) is 3.33. The van der Waals surface area contributed by atoms with Crippen molar-refractivity contribution in [3.05, 3.63) is 34.9 Å². The zero-order valence-electron chi connectivity index (χ0n) is 12.5. The fraction of sp³-hybridized carbons (Fsp3) is 0.533. The van der Waals surface area contributed by atoms with Gasteiger partial charge in [0.2, 0.25) is 0 Å². The number of fused-ring (bicyclic) bond motifs is 1. The Balaban J connectivity index is 2.31. The van der Waals surface area contributed by atoms with Crippen molar-refractivity contribution < 1.29 is 18.3 Å². The van der Waals surface area contributed by atoms with Crippen LogP contribution in [0, 0.1) is 11.6 Å². The lowest BCUT2D eigenvalue weighted by atomic mass is 9.99. The highest BCUT2D eigenvalue weighted by molar-refractivity contribution is 5.68. The van der Waals surface area contributed by atoms with Gasteiger partial charge >= 0.3 is 6.09 Å². The molecule has 2 N–H and O–H groups in total. The lowest BCUT2D eigenvalue weighted by Crippen LogP contribution is -2.36. The number of amides is 1. The molecule has 1 atom stereocenters. The molecule has 1 aliphatic rings. The van der Waals surface area contributed by atoms with Crippen molar-refractivity contribution in [2.24, 2.45) is 5.73 Å². The van der Waals surface area contributed by atoms with Gasteiger partial charge in [-0.2, -0.15) is 0 Å². The first-order valence-corrected chi connectivity index (χ1v) is 6.89. The van der Waals surface area contributed by atoms with Crippen LogP contribution in [0.2, 0.25) is 0 Å². The van der Waals surface area contributed by atoms with E-state index < -0.39 is 29.4 Å². The van der Waals surface area contributed by atoms with Crippen LogP contribution in [0.15, 0.2) is 12.1 Å². The van der Waals surface area contributed by atoms with E-state index in [0.717, 1.165) is 12.1 Å². The van der Waals surface area contributed by atoms with Gasteiger partial charge in [0, 0.05) is 23.7 Å². The van der Waals surface area contributed by atoms with E-state index in [9.17, 15) is 13.6 Å². The number of hydrogen-bond acceptors (Lipinski definition) is 3. The summed E-state index contributed by atoms with van der Waals surface area (Å²) in [5, 5.41) is 0. The van der Waals surface area contributed by atoms with Crippen LogP contribution >= 0.6 is 0 Å². The lowest BCUT2D eigenvalue weighted by Gasteiger charge is -2.26. The fourth-order valence-electron chi connectivity index (χ4n) is 2.36. The van der Waals surface area contributed by atoms with Crippen LogP contribution in [-0.4, -0.2) is 23.1 Å². The summed E-state index contributed by atoms with van der Waals surface area (Å²) >= 11 is 0. The van der Waals surface area contributed by atoms with E-state index in [1.54, 1.807) is 20.8 Å².